The largest absolute Gasteiger partial charge is 0.507 e. The Morgan fingerprint density at radius 3 is 2.08 bits per heavy atom. The second-order valence-electron chi connectivity index (χ2n) is 11.5. The van der Waals surface area contributed by atoms with Crippen LogP contribution in [0.3, 0.4) is 0 Å². The summed E-state index contributed by atoms with van der Waals surface area (Å²) >= 11 is 0. The van der Waals surface area contributed by atoms with Gasteiger partial charge in [0.25, 0.3) is 0 Å². The summed E-state index contributed by atoms with van der Waals surface area (Å²) in [5.41, 5.74) is 10.1. The summed E-state index contributed by atoms with van der Waals surface area (Å²) in [4.78, 5) is 10.0. The van der Waals surface area contributed by atoms with Crippen molar-refractivity contribution in [2.24, 2.45) is 0 Å². The van der Waals surface area contributed by atoms with Crippen LogP contribution in [0.2, 0.25) is 19.6 Å². The maximum atomic E-state index is 10.9. The minimum Gasteiger partial charge on any atom is -0.507 e. The molecule has 2 aromatic heterocycles. The van der Waals surface area contributed by atoms with E-state index in [9.17, 15) is 5.11 Å². The maximum absolute atomic E-state index is 10.9. The minimum absolute atomic E-state index is 0.210. The van der Waals surface area contributed by atoms with Crippen LogP contribution in [0.1, 0.15) is 11.1 Å². The number of phenols is 1. The zero-order chi connectivity index (χ0) is 28.0. The van der Waals surface area contributed by atoms with Crippen LogP contribution in [0, 0.1) is 13.8 Å². The van der Waals surface area contributed by atoms with Crippen LogP contribution >= 0.6 is 0 Å². The predicted octanol–water partition coefficient (Wildman–Crippen LogP) is 8.29. The Bertz CT molecular complexity index is 1840. The second kappa shape index (κ2) is 9.92. The molecule has 40 heavy (non-hydrogen) atoms. The molecular weight excluding hydrogens is 506 g/mol. The molecule has 0 spiro atoms. The van der Waals surface area contributed by atoms with Gasteiger partial charge in [-0.05, 0) is 66.1 Å². The molecule has 0 saturated heterocycles. The van der Waals surface area contributed by atoms with Gasteiger partial charge in [-0.2, -0.15) is 0 Å². The van der Waals surface area contributed by atoms with E-state index in [0.29, 0.717) is 5.56 Å². The number of phenolic OH excluding ortho intramolecular Hbond substituents is 1. The number of aryl methyl sites for hydroxylation is 2. The van der Waals surface area contributed by atoms with E-state index in [-0.39, 0.29) is 5.75 Å². The fraction of sp³-hybridized carbons (Fsp3) is 0.143. The van der Waals surface area contributed by atoms with Gasteiger partial charge >= 0.3 is 0 Å². The van der Waals surface area contributed by atoms with Crippen LogP contribution in [0.15, 0.2) is 103 Å². The summed E-state index contributed by atoms with van der Waals surface area (Å²) in [7, 11) is -1.41. The molecule has 0 aliphatic rings. The molecule has 0 aliphatic heterocycles. The third kappa shape index (κ3) is 4.52. The molecular formula is C35H33N3OSi. The number of aromatic hydroxyl groups is 1. The second-order valence-corrected chi connectivity index (χ2v) is 16.5. The topological polar surface area (TPSA) is 50.9 Å². The normalized spacial score (nSPS) is 11.7. The van der Waals surface area contributed by atoms with E-state index in [1.807, 2.05) is 24.4 Å². The van der Waals surface area contributed by atoms with E-state index >= 15 is 0 Å². The maximum Gasteiger partial charge on any atom is 0.149 e. The monoisotopic (exact) mass is 539 g/mol. The molecule has 0 saturated carbocycles. The Morgan fingerprint density at radius 2 is 1.38 bits per heavy atom. The van der Waals surface area contributed by atoms with E-state index < -0.39 is 8.07 Å². The quantitative estimate of drug-likeness (QED) is 0.224. The van der Waals surface area contributed by atoms with Crippen molar-refractivity contribution in [3.8, 4) is 45.2 Å². The van der Waals surface area contributed by atoms with Crippen molar-refractivity contribution in [1.82, 2.24) is 14.5 Å². The lowest BCUT2D eigenvalue weighted by Crippen LogP contribution is -2.37. The fourth-order valence-electron chi connectivity index (χ4n) is 5.41. The Balaban J connectivity index is 1.57. The van der Waals surface area contributed by atoms with E-state index in [1.165, 1.54) is 5.19 Å². The molecule has 4 nitrogen and oxygen atoms in total. The van der Waals surface area contributed by atoms with Gasteiger partial charge in [-0.15, -0.1) is 0 Å². The number of para-hydroxylation sites is 3. The van der Waals surface area contributed by atoms with Gasteiger partial charge in [0, 0.05) is 17.3 Å². The average Bonchev–Trinajstić information content (AvgIpc) is 3.32. The van der Waals surface area contributed by atoms with Gasteiger partial charge in [0.1, 0.15) is 11.6 Å². The first-order valence-corrected chi connectivity index (χ1v) is 17.2. The molecule has 0 atom stereocenters. The number of imidazole rings is 1. The molecule has 198 valence electrons. The van der Waals surface area contributed by atoms with Crippen LogP contribution in [-0.4, -0.2) is 27.7 Å². The lowest BCUT2D eigenvalue weighted by molar-refractivity contribution is 0.477. The summed E-state index contributed by atoms with van der Waals surface area (Å²) < 4.78 is 2.19. The number of nitrogens with zero attached hydrogens (tertiary/aromatic N) is 3. The third-order valence-electron chi connectivity index (χ3n) is 7.59. The van der Waals surface area contributed by atoms with Crippen molar-refractivity contribution in [3.63, 3.8) is 0 Å². The van der Waals surface area contributed by atoms with Crippen LogP contribution < -0.4 is 5.19 Å². The molecule has 0 unspecified atom stereocenters. The van der Waals surface area contributed by atoms with Crippen LogP contribution in [0.4, 0.5) is 0 Å². The van der Waals surface area contributed by atoms with Crippen molar-refractivity contribution in [2.45, 2.75) is 33.5 Å². The highest BCUT2D eigenvalue weighted by molar-refractivity contribution is 6.88. The molecule has 2 heterocycles. The fourth-order valence-corrected chi connectivity index (χ4v) is 6.45. The van der Waals surface area contributed by atoms with Crippen LogP contribution in [-0.2, 0) is 0 Å². The lowest BCUT2D eigenvalue weighted by Gasteiger charge is -2.16. The number of pyridine rings is 1. The van der Waals surface area contributed by atoms with Gasteiger partial charge in [0.05, 0.1) is 36.1 Å². The average molecular weight is 540 g/mol. The summed E-state index contributed by atoms with van der Waals surface area (Å²) in [5, 5.41) is 12.2. The zero-order valence-electron chi connectivity index (χ0n) is 23.6. The van der Waals surface area contributed by atoms with E-state index in [1.54, 1.807) is 6.07 Å². The van der Waals surface area contributed by atoms with E-state index in [4.69, 9.17) is 9.97 Å². The van der Waals surface area contributed by atoms with E-state index in [2.05, 4.69) is 111 Å². The highest BCUT2D eigenvalue weighted by atomic mass is 28.3. The van der Waals surface area contributed by atoms with Gasteiger partial charge in [-0.25, -0.2) is 4.98 Å². The molecule has 1 N–H and O–H groups in total. The number of hydrogen-bond donors (Lipinski definition) is 1. The molecule has 0 fully saturated rings. The van der Waals surface area contributed by atoms with Crippen molar-refractivity contribution < 1.29 is 5.11 Å². The summed E-state index contributed by atoms with van der Waals surface area (Å²) in [6, 6.07) is 33.0. The van der Waals surface area contributed by atoms with Crippen molar-refractivity contribution >= 4 is 24.3 Å². The van der Waals surface area contributed by atoms with Gasteiger partial charge in [-0.1, -0.05) is 86.4 Å². The molecule has 4 aromatic carbocycles. The van der Waals surface area contributed by atoms with Crippen LogP contribution in [0.5, 0.6) is 5.75 Å². The number of rotatable bonds is 5. The summed E-state index contributed by atoms with van der Waals surface area (Å²) in [6.07, 6.45) is 2.04. The van der Waals surface area contributed by atoms with Gasteiger partial charge in [0.2, 0.25) is 0 Å². The molecule has 0 radical (unpaired) electrons. The third-order valence-corrected chi connectivity index (χ3v) is 9.62. The predicted molar refractivity (Wildman–Crippen MR) is 169 cm³/mol. The number of aromatic nitrogens is 3. The van der Waals surface area contributed by atoms with Crippen LogP contribution in [0.25, 0.3) is 50.5 Å². The highest BCUT2D eigenvalue weighted by Gasteiger charge is 2.21. The number of hydrogen-bond acceptors (Lipinski definition) is 3. The Hall–Kier alpha value is -4.48. The molecule has 6 aromatic rings. The molecule has 0 bridgehead atoms. The van der Waals surface area contributed by atoms with Crippen molar-refractivity contribution in [1.29, 1.82) is 0 Å². The first-order valence-electron chi connectivity index (χ1n) is 13.7. The van der Waals surface area contributed by atoms with Gasteiger partial charge < -0.3 is 5.11 Å². The van der Waals surface area contributed by atoms with Gasteiger partial charge in [0.15, 0.2) is 0 Å². The smallest absolute Gasteiger partial charge is 0.149 e. The highest BCUT2D eigenvalue weighted by Crippen LogP contribution is 2.39. The standard InChI is InChI=1S/C35H33N3OSi/c1-23-11-8-12-24(2)34(23)38-31-17-10-16-28(33(31)37-35(38)29-15-6-7-18-32(29)39)25-13-9-14-26(21-25)30-20-19-27(22-36-30)40(3,4)5/h6-22,39H,1-5H3. The van der Waals surface area contributed by atoms with E-state index in [0.717, 1.165) is 56.1 Å². The molecule has 6 rings (SSSR count). The lowest BCUT2D eigenvalue weighted by atomic mass is 10.00. The first kappa shape index (κ1) is 25.8. The minimum atomic E-state index is -1.41. The number of benzene rings is 4. The zero-order valence-corrected chi connectivity index (χ0v) is 24.6. The molecule has 5 heteroatoms. The first-order chi connectivity index (χ1) is 19.2. The molecule has 0 aliphatic carbocycles. The van der Waals surface area contributed by atoms with Crippen molar-refractivity contribution in [3.05, 3.63) is 114 Å². The summed E-state index contributed by atoms with van der Waals surface area (Å²) in [5.74, 6) is 0.930. The Labute approximate surface area is 236 Å². The Kier molecular flexibility index (Phi) is 6.39. The SMILES string of the molecule is Cc1cccc(C)c1-n1c(-c2ccccc2O)nc2c(-c3cccc(-c4ccc([Si](C)(C)C)cn4)c3)cccc21. The van der Waals surface area contributed by atoms with Gasteiger partial charge in [-0.3, -0.25) is 9.55 Å². The Morgan fingerprint density at radius 1 is 0.700 bits per heavy atom. The van der Waals surface area contributed by atoms with Crippen molar-refractivity contribution in [2.75, 3.05) is 0 Å². The summed E-state index contributed by atoms with van der Waals surface area (Å²) in [6.45, 7) is 11.3. The molecule has 0 amide bonds. The number of fused-ring (bicyclic) bond motifs is 1.